The minimum absolute atomic E-state index is 0.000282. The molecule has 0 saturated carbocycles. The lowest BCUT2D eigenvalue weighted by atomic mass is 10.0. The summed E-state index contributed by atoms with van der Waals surface area (Å²) in [6.45, 7) is 3.59. The van der Waals surface area contributed by atoms with E-state index in [-0.39, 0.29) is 18.1 Å². The molecule has 0 N–H and O–H groups in total. The van der Waals surface area contributed by atoms with E-state index in [0.717, 1.165) is 74.8 Å². The van der Waals surface area contributed by atoms with E-state index in [1.54, 1.807) is 0 Å². The molecule has 5 heterocycles. The Morgan fingerprint density at radius 3 is 2.83 bits per heavy atom. The Morgan fingerprint density at radius 2 is 2.03 bits per heavy atom. The highest BCUT2D eigenvalue weighted by Crippen LogP contribution is 2.37. The predicted molar refractivity (Wildman–Crippen MR) is 113 cm³/mol. The van der Waals surface area contributed by atoms with E-state index in [4.69, 9.17) is 14.8 Å². The van der Waals surface area contributed by atoms with Crippen molar-refractivity contribution in [3.05, 3.63) is 24.2 Å². The number of hydrogen-bond donors (Lipinski definition) is 0. The van der Waals surface area contributed by atoms with Crippen molar-refractivity contribution in [3.8, 4) is 11.3 Å². The van der Waals surface area contributed by atoms with E-state index in [1.807, 2.05) is 35.1 Å². The first kappa shape index (κ1) is 19.5. The Kier molecular flexibility index (Phi) is 5.41. The molecule has 2 atom stereocenters. The Bertz CT molecular complexity index is 901. The van der Waals surface area contributed by atoms with Crippen LogP contribution in [0, 0.1) is 0 Å². The Labute approximate surface area is 177 Å². The third kappa shape index (κ3) is 3.80. The number of rotatable bonds is 5. The second kappa shape index (κ2) is 8.34. The van der Waals surface area contributed by atoms with Gasteiger partial charge in [0.05, 0.1) is 30.0 Å². The molecule has 0 aromatic carbocycles. The zero-order chi connectivity index (χ0) is 20.5. The summed E-state index contributed by atoms with van der Waals surface area (Å²) in [6.07, 6.45) is 10.8. The lowest BCUT2D eigenvalue weighted by Gasteiger charge is -2.25. The number of ether oxygens (including phenoxy) is 1. The molecule has 0 bridgehead atoms. The molecule has 0 radical (unpaired) electrons. The lowest BCUT2D eigenvalue weighted by molar-refractivity contribution is -0.134. The van der Waals surface area contributed by atoms with Crippen LogP contribution in [0.3, 0.4) is 0 Å². The maximum absolute atomic E-state index is 13.0. The zero-order valence-electron chi connectivity index (χ0n) is 17.7. The number of nitrogens with zero attached hydrogens (tertiary/aromatic N) is 6. The molecule has 8 nitrogen and oxygen atoms in total. The van der Waals surface area contributed by atoms with Crippen LogP contribution in [-0.4, -0.2) is 62.9 Å². The molecule has 0 aliphatic carbocycles. The molecule has 2 aromatic rings. The van der Waals surface area contributed by atoms with Crippen LogP contribution in [0.5, 0.6) is 0 Å². The fourth-order valence-corrected chi connectivity index (χ4v) is 4.98. The molecule has 160 valence electrons. The van der Waals surface area contributed by atoms with Gasteiger partial charge in [0, 0.05) is 51.2 Å². The van der Waals surface area contributed by atoms with E-state index in [1.165, 1.54) is 12.8 Å². The second-order valence-corrected chi connectivity index (χ2v) is 8.62. The van der Waals surface area contributed by atoms with Crippen molar-refractivity contribution in [1.82, 2.24) is 24.6 Å². The lowest BCUT2D eigenvalue weighted by Crippen LogP contribution is -2.33. The molecule has 3 saturated heterocycles. The number of amides is 1. The van der Waals surface area contributed by atoms with Crippen molar-refractivity contribution in [3.63, 3.8) is 0 Å². The maximum atomic E-state index is 13.0. The average Bonchev–Trinajstić information content (AvgIpc) is 3.54. The van der Waals surface area contributed by atoms with Crippen LogP contribution in [0.15, 0.2) is 18.5 Å². The summed E-state index contributed by atoms with van der Waals surface area (Å²) in [6, 6.07) is 1.95. The summed E-state index contributed by atoms with van der Waals surface area (Å²) in [7, 11) is 1.93. The van der Waals surface area contributed by atoms with Gasteiger partial charge in [-0.2, -0.15) is 5.10 Å². The summed E-state index contributed by atoms with van der Waals surface area (Å²) in [5, 5.41) is 4.78. The van der Waals surface area contributed by atoms with E-state index in [2.05, 4.69) is 9.88 Å². The molecule has 3 fully saturated rings. The van der Waals surface area contributed by atoms with Gasteiger partial charge in [0.15, 0.2) is 0 Å². The second-order valence-electron chi connectivity index (χ2n) is 8.62. The smallest absolute Gasteiger partial charge is 0.225 e. The number of aryl methyl sites for hydroxylation is 1. The molecule has 3 aliphatic rings. The van der Waals surface area contributed by atoms with Crippen LogP contribution < -0.4 is 4.90 Å². The molecule has 3 aliphatic heterocycles. The number of carbonyl (C=O) groups is 1. The summed E-state index contributed by atoms with van der Waals surface area (Å²) >= 11 is 0. The predicted octanol–water partition coefficient (Wildman–Crippen LogP) is 2.71. The molecular weight excluding hydrogens is 380 g/mol. The van der Waals surface area contributed by atoms with Crippen molar-refractivity contribution in [2.75, 3.05) is 31.1 Å². The topological polar surface area (TPSA) is 76.4 Å². The Hall–Kier alpha value is -2.48. The van der Waals surface area contributed by atoms with Gasteiger partial charge in [-0.3, -0.25) is 9.48 Å². The monoisotopic (exact) mass is 410 g/mol. The van der Waals surface area contributed by atoms with Gasteiger partial charge in [0.25, 0.3) is 0 Å². The van der Waals surface area contributed by atoms with Crippen LogP contribution in [-0.2, 0) is 16.6 Å². The van der Waals surface area contributed by atoms with Crippen LogP contribution in [0.4, 0.5) is 5.95 Å². The fraction of sp³-hybridized carbons (Fsp3) is 0.636. The van der Waals surface area contributed by atoms with Gasteiger partial charge in [-0.25, -0.2) is 9.97 Å². The molecule has 0 unspecified atom stereocenters. The van der Waals surface area contributed by atoms with E-state index in [9.17, 15) is 4.79 Å². The summed E-state index contributed by atoms with van der Waals surface area (Å²) < 4.78 is 7.53. The quantitative estimate of drug-likeness (QED) is 0.754. The third-order valence-corrected chi connectivity index (χ3v) is 6.48. The molecule has 2 aromatic heterocycles. The molecule has 8 heteroatoms. The van der Waals surface area contributed by atoms with Gasteiger partial charge in [0.1, 0.15) is 0 Å². The van der Waals surface area contributed by atoms with E-state index < -0.39 is 0 Å². The van der Waals surface area contributed by atoms with Crippen molar-refractivity contribution < 1.29 is 9.53 Å². The van der Waals surface area contributed by atoms with E-state index in [0.29, 0.717) is 6.42 Å². The van der Waals surface area contributed by atoms with Gasteiger partial charge < -0.3 is 14.5 Å². The number of aromatic nitrogens is 4. The van der Waals surface area contributed by atoms with Crippen molar-refractivity contribution in [1.29, 1.82) is 0 Å². The van der Waals surface area contributed by atoms with Crippen LogP contribution in [0.25, 0.3) is 11.3 Å². The first-order chi connectivity index (χ1) is 14.7. The van der Waals surface area contributed by atoms with Gasteiger partial charge in [0.2, 0.25) is 11.9 Å². The first-order valence-electron chi connectivity index (χ1n) is 11.2. The van der Waals surface area contributed by atoms with Crippen molar-refractivity contribution in [2.45, 2.75) is 57.1 Å². The third-order valence-electron chi connectivity index (χ3n) is 6.48. The molecule has 1 amide bonds. The van der Waals surface area contributed by atoms with Crippen LogP contribution in [0.1, 0.15) is 56.7 Å². The van der Waals surface area contributed by atoms with E-state index >= 15 is 0 Å². The molecule has 30 heavy (non-hydrogen) atoms. The van der Waals surface area contributed by atoms with Gasteiger partial charge >= 0.3 is 0 Å². The first-order valence-corrected chi connectivity index (χ1v) is 11.2. The Balaban J connectivity index is 1.41. The number of anilines is 1. The van der Waals surface area contributed by atoms with Crippen LogP contribution >= 0.6 is 0 Å². The van der Waals surface area contributed by atoms with Gasteiger partial charge in [-0.15, -0.1) is 0 Å². The summed E-state index contributed by atoms with van der Waals surface area (Å²) in [4.78, 5) is 26.7. The van der Waals surface area contributed by atoms with Gasteiger partial charge in [-0.05, 0) is 44.6 Å². The number of likely N-dealkylation sites (tertiary alicyclic amines) is 1. The van der Waals surface area contributed by atoms with Crippen molar-refractivity contribution >= 4 is 11.9 Å². The normalized spacial score (nSPS) is 24.2. The minimum atomic E-state index is 0.000282. The summed E-state index contributed by atoms with van der Waals surface area (Å²) in [5.41, 5.74) is 2.83. The number of carbonyl (C=O) groups excluding carboxylic acids is 1. The average molecular weight is 411 g/mol. The Morgan fingerprint density at radius 1 is 1.17 bits per heavy atom. The molecule has 0 spiro atoms. The maximum Gasteiger partial charge on any atom is 0.225 e. The number of hydrogen-bond acceptors (Lipinski definition) is 6. The molecular formula is C22H30N6O2. The summed E-state index contributed by atoms with van der Waals surface area (Å²) in [5.74, 6) is 0.971. The minimum Gasteiger partial charge on any atom is -0.378 e. The van der Waals surface area contributed by atoms with Crippen molar-refractivity contribution in [2.24, 2.45) is 7.05 Å². The van der Waals surface area contributed by atoms with Gasteiger partial charge in [-0.1, -0.05) is 0 Å². The highest BCUT2D eigenvalue weighted by Gasteiger charge is 2.35. The fourth-order valence-electron chi connectivity index (χ4n) is 4.98. The molecule has 5 rings (SSSR count). The largest absolute Gasteiger partial charge is 0.378 e. The van der Waals surface area contributed by atoms with Crippen LogP contribution in [0.2, 0.25) is 0 Å². The highest BCUT2D eigenvalue weighted by atomic mass is 16.5. The standard InChI is InChI=1S/C22H30N6O2/c1-26-15-17(18-8-9-23-22(24-18)27-10-2-3-11-27)21(25-26)19-7-4-12-28(19)20(29)14-16-6-5-13-30-16/h8-9,15-16,19H,2-7,10-14H2,1H3/t16-,19+/m1/s1. The highest BCUT2D eigenvalue weighted by molar-refractivity contribution is 5.78. The SMILES string of the molecule is Cn1cc(-c2ccnc(N3CCCC3)n2)c([C@@H]2CCCN2C(=O)C[C@H]2CCCO2)n1. The zero-order valence-corrected chi connectivity index (χ0v) is 17.7.